The molecule has 1 heteroatoms. The molecular weight excluding hydrogens is 172 g/mol. The number of benzene rings is 1. The van der Waals surface area contributed by atoms with Crippen LogP contribution in [0.4, 0.5) is 0 Å². The van der Waals surface area contributed by atoms with Crippen LogP contribution in [0, 0.1) is 0 Å². The summed E-state index contributed by atoms with van der Waals surface area (Å²) in [6, 6.07) is 10.3. The first kappa shape index (κ1) is 11.0. The van der Waals surface area contributed by atoms with E-state index in [9.17, 15) is 0 Å². The Morgan fingerprint density at radius 2 is 1.71 bits per heavy atom. The molecule has 1 atom stereocenters. The Hall–Kier alpha value is -1.08. The highest BCUT2D eigenvalue weighted by Crippen LogP contribution is 2.04. The van der Waals surface area contributed by atoms with Crippen LogP contribution in [0.25, 0.3) is 6.08 Å². The van der Waals surface area contributed by atoms with Crippen molar-refractivity contribution in [3.8, 4) is 0 Å². The predicted molar refractivity (Wildman–Crippen MR) is 61.2 cm³/mol. The van der Waals surface area contributed by atoms with Crippen LogP contribution in [-0.4, -0.2) is 12.2 Å². The molecule has 0 amide bonds. The van der Waals surface area contributed by atoms with Gasteiger partial charge in [-0.1, -0.05) is 42.5 Å². The normalized spacial score (nSPS) is 13.7. The first-order valence-corrected chi connectivity index (χ1v) is 5.07. The Morgan fingerprint density at radius 3 is 2.29 bits per heavy atom. The predicted octanol–water partition coefficient (Wildman–Crippen LogP) is 3.51. The number of rotatable bonds is 4. The standard InChI is InChI=1S/C13H18O/c1-11(2)14-12(3)9-10-13-7-5-4-6-8-13/h4-12H,1-3H3/b10-9+. The second-order valence-electron chi connectivity index (χ2n) is 3.66. The summed E-state index contributed by atoms with van der Waals surface area (Å²) >= 11 is 0. The lowest BCUT2D eigenvalue weighted by molar-refractivity contribution is 0.0465. The van der Waals surface area contributed by atoms with Crippen LogP contribution in [0.5, 0.6) is 0 Å². The highest BCUT2D eigenvalue weighted by Gasteiger charge is 1.98. The fraction of sp³-hybridized carbons (Fsp3) is 0.385. The number of hydrogen-bond acceptors (Lipinski definition) is 1. The van der Waals surface area contributed by atoms with Gasteiger partial charge in [-0.15, -0.1) is 0 Å². The fourth-order valence-corrected chi connectivity index (χ4v) is 1.29. The van der Waals surface area contributed by atoms with Crippen molar-refractivity contribution in [2.75, 3.05) is 0 Å². The highest BCUT2D eigenvalue weighted by atomic mass is 16.5. The van der Waals surface area contributed by atoms with E-state index < -0.39 is 0 Å². The van der Waals surface area contributed by atoms with Gasteiger partial charge in [0.2, 0.25) is 0 Å². The van der Waals surface area contributed by atoms with Crippen molar-refractivity contribution in [1.29, 1.82) is 0 Å². The summed E-state index contributed by atoms with van der Waals surface area (Å²) < 4.78 is 5.59. The molecule has 1 rings (SSSR count). The summed E-state index contributed by atoms with van der Waals surface area (Å²) in [5, 5.41) is 0. The summed E-state index contributed by atoms with van der Waals surface area (Å²) in [4.78, 5) is 0. The lowest BCUT2D eigenvalue weighted by Gasteiger charge is -2.11. The fourth-order valence-electron chi connectivity index (χ4n) is 1.29. The lowest BCUT2D eigenvalue weighted by atomic mass is 10.2. The summed E-state index contributed by atoms with van der Waals surface area (Å²) in [7, 11) is 0. The third-order valence-corrected chi connectivity index (χ3v) is 1.85. The molecule has 0 fully saturated rings. The molecule has 0 aliphatic heterocycles. The topological polar surface area (TPSA) is 9.23 Å². The lowest BCUT2D eigenvalue weighted by Crippen LogP contribution is -2.11. The summed E-state index contributed by atoms with van der Waals surface area (Å²) in [5.41, 5.74) is 1.21. The van der Waals surface area contributed by atoms with E-state index in [4.69, 9.17) is 4.74 Å². The van der Waals surface area contributed by atoms with Gasteiger partial charge in [0.25, 0.3) is 0 Å². The third kappa shape index (κ3) is 4.24. The molecule has 0 aliphatic rings. The van der Waals surface area contributed by atoms with Gasteiger partial charge in [-0.25, -0.2) is 0 Å². The Morgan fingerprint density at radius 1 is 1.07 bits per heavy atom. The zero-order valence-corrected chi connectivity index (χ0v) is 9.10. The van der Waals surface area contributed by atoms with E-state index in [-0.39, 0.29) is 12.2 Å². The first-order valence-electron chi connectivity index (χ1n) is 5.07. The molecule has 0 bridgehead atoms. The van der Waals surface area contributed by atoms with E-state index >= 15 is 0 Å². The Kier molecular flexibility index (Phi) is 4.41. The molecule has 0 radical (unpaired) electrons. The zero-order valence-electron chi connectivity index (χ0n) is 9.10. The average Bonchev–Trinajstić information content (AvgIpc) is 2.15. The van der Waals surface area contributed by atoms with Crippen LogP contribution in [0.2, 0.25) is 0 Å². The van der Waals surface area contributed by atoms with Crippen molar-refractivity contribution in [2.45, 2.75) is 33.0 Å². The van der Waals surface area contributed by atoms with Gasteiger partial charge in [0, 0.05) is 0 Å². The van der Waals surface area contributed by atoms with Gasteiger partial charge >= 0.3 is 0 Å². The van der Waals surface area contributed by atoms with Crippen LogP contribution in [0.15, 0.2) is 36.4 Å². The van der Waals surface area contributed by atoms with Gasteiger partial charge in [-0.3, -0.25) is 0 Å². The number of ether oxygens (including phenoxy) is 1. The van der Waals surface area contributed by atoms with E-state index in [2.05, 4.69) is 31.2 Å². The van der Waals surface area contributed by atoms with Crippen molar-refractivity contribution < 1.29 is 4.74 Å². The van der Waals surface area contributed by atoms with Crippen molar-refractivity contribution in [2.24, 2.45) is 0 Å². The van der Waals surface area contributed by atoms with Crippen molar-refractivity contribution in [3.63, 3.8) is 0 Å². The van der Waals surface area contributed by atoms with Gasteiger partial charge in [0.15, 0.2) is 0 Å². The van der Waals surface area contributed by atoms with Gasteiger partial charge in [-0.2, -0.15) is 0 Å². The molecule has 1 unspecified atom stereocenters. The van der Waals surface area contributed by atoms with Crippen molar-refractivity contribution in [3.05, 3.63) is 42.0 Å². The molecule has 1 aromatic rings. The molecule has 1 aromatic carbocycles. The third-order valence-electron chi connectivity index (χ3n) is 1.85. The minimum Gasteiger partial charge on any atom is -0.372 e. The molecule has 14 heavy (non-hydrogen) atoms. The van der Waals surface area contributed by atoms with Crippen molar-refractivity contribution >= 4 is 6.08 Å². The van der Waals surface area contributed by atoms with E-state index in [1.165, 1.54) is 5.56 Å². The first-order chi connectivity index (χ1) is 6.68. The smallest absolute Gasteiger partial charge is 0.0734 e. The molecule has 0 spiro atoms. The van der Waals surface area contributed by atoms with E-state index in [1.54, 1.807) is 0 Å². The number of hydrogen-bond donors (Lipinski definition) is 0. The van der Waals surface area contributed by atoms with Crippen LogP contribution >= 0.6 is 0 Å². The van der Waals surface area contributed by atoms with Crippen LogP contribution in [0.3, 0.4) is 0 Å². The maximum Gasteiger partial charge on any atom is 0.0734 e. The summed E-state index contributed by atoms with van der Waals surface area (Å²) in [6.07, 6.45) is 4.63. The van der Waals surface area contributed by atoms with E-state index in [1.807, 2.05) is 32.0 Å². The molecule has 0 saturated carbocycles. The second-order valence-corrected chi connectivity index (χ2v) is 3.66. The molecule has 0 heterocycles. The average molecular weight is 190 g/mol. The monoisotopic (exact) mass is 190 g/mol. The van der Waals surface area contributed by atoms with Crippen LogP contribution in [-0.2, 0) is 4.74 Å². The van der Waals surface area contributed by atoms with Crippen LogP contribution in [0.1, 0.15) is 26.3 Å². The highest BCUT2D eigenvalue weighted by molar-refractivity contribution is 5.49. The molecule has 1 nitrogen and oxygen atoms in total. The quantitative estimate of drug-likeness (QED) is 0.706. The minimum absolute atomic E-state index is 0.176. The Labute approximate surface area is 86.4 Å². The summed E-state index contributed by atoms with van der Waals surface area (Å²) in [5.74, 6) is 0. The Balaban J connectivity index is 2.48. The van der Waals surface area contributed by atoms with Gasteiger partial charge in [0.05, 0.1) is 12.2 Å². The summed E-state index contributed by atoms with van der Waals surface area (Å²) in [6.45, 7) is 6.15. The van der Waals surface area contributed by atoms with E-state index in [0.717, 1.165) is 0 Å². The molecule has 0 saturated heterocycles. The Bertz CT molecular complexity index is 275. The molecule has 76 valence electrons. The van der Waals surface area contributed by atoms with Crippen LogP contribution < -0.4 is 0 Å². The zero-order chi connectivity index (χ0) is 10.4. The second kappa shape index (κ2) is 5.61. The molecule has 0 aromatic heterocycles. The minimum atomic E-state index is 0.176. The molecule has 0 N–H and O–H groups in total. The maximum absolute atomic E-state index is 5.59. The van der Waals surface area contributed by atoms with Gasteiger partial charge < -0.3 is 4.74 Å². The largest absolute Gasteiger partial charge is 0.372 e. The van der Waals surface area contributed by atoms with Gasteiger partial charge in [0.1, 0.15) is 0 Å². The maximum atomic E-state index is 5.59. The van der Waals surface area contributed by atoms with Crippen molar-refractivity contribution in [1.82, 2.24) is 0 Å². The van der Waals surface area contributed by atoms with E-state index in [0.29, 0.717) is 0 Å². The SMILES string of the molecule is CC(C)OC(C)/C=C/c1ccccc1. The molecule has 0 aliphatic carbocycles. The van der Waals surface area contributed by atoms with Gasteiger partial charge in [-0.05, 0) is 26.3 Å². The molecular formula is C13H18O.